The van der Waals surface area contributed by atoms with Crippen LogP contribution in [0.2, 0.25) is 0 Å². The maximum atomic E-state index is 12.6. The summed E-state index contributed by atoms with van der Waals surface area (Å²) in [6, 6.07) is 4.90. The number of aryl methyl sites for hydroxylation is 1. The zero-order chi connectivity index (χ0) is 26.6. The number of hydrogen-bond donors (Lipinski definition) is 5. The molecule has 12 nitrogen and oxygen atoms in total. The lowest BCUT2D eigenvalue weighted by Gasteiger charge is -2.40. The first-order valence-corrected chi connectivity index (χ1v) is 12.4. The fraction of sp³-hybridized carbons (Fsp3) is 0.636. The second kappa shape index (κ2) is 11.7. The number of aliphatic hydroxyl groups excluding tert-OH is 4. The van der Waals surface area contributed by atoms with Gasteiger partial charge in [-0.15, -0.1) is 0 Å². The van der Waals surface area contributed by atoms with Crippen molar-refractivity contribution in [2.75, 3.05) is 13.2 Å². The number of ether oxygens (including phenoxy) is 3. The topological polar surface area (TPSA) is 189 Å². The van der Waals surface area contributed by atoms with Crippen LogP contribution in [0.25, 0.3) is 0 Å². The zero-order valence-electron chi connectivity index (χ0n) is 19.9. The number of carbonyl (C=O) groups is 2. The van der Waals surface area contributed by atoms with E-state index in [0.29, 0.717) is 0 Å². The van der Waals surface area contributed by atoms with Gasteiger partial charge in [-0.2, -0.15) is 4.72 Å². The molecule has 1 saturated heterocycles. The smallest absolute Gasteiger partial charge is 0.323 e. The number of benzene rings is 1. The van der Waals surface area contributed by atoms with Crippen molar-refractivity contribution in [1.29, 1.82) is 0 Å². The first-order valence-electron chi connectivity index (χ1n) is 11.0. The molecule has 0 aliphatic carbocycles. The number of rotatable bonds is 10. The highest BCUT2D eigenvalue weighted by Gasteiger charge is 2.46. The molecule has 0 aromatic heterocycles. The quantitative estimate of drug-likeness (QED) is 0.238. The van der Waals surface area contributed by atoms with E-state index in [0.717, 1.165) is 5.56 Å². The van der Waals surface area contributed by atoms with Gasteiger partial charge >= 0.3 is 11.9 Å². The highest BCUT2D eigenvalue weighted by molar-refractivity contribution is 7.89. The van der Waals surface area contributed by atoms with E-state index >= 15 is 0 Å². The SMILES string of the molecule is Cc1ccc(S(=O)(=O)N[C@@H](C)C(=O)OCCC(C)(C)C(=O)O[C@@H]2O[C@H](CO)[C@@H](O)[C@H](O)[C@H]2O)cc1. The normalized spacial score (nSPS) is 26.1. The van der Waals surface area contributed by atoms with Crippen molar-refractivity contribution < 1.29 is 52.6 Å². The summed E-state index contributed by atoms with van der Waals surface area (Å²) in [6.45, 7) is 5.18. The van der Waals surface area contributed by atoms with Gasteiger partial charge < -0.3 is 34.6 Å². The Morgan fingerprint density at radius 3 is 2.29 bits per heavy atom. The Morgan fingerprint density at radius 1 is 1.11 bits per heavy atom. The lowest BCUT2D eigenvalue weighted by atomic mass is 9.90. The third-order valence-electron chi connectivity index (χ3n) is 5.61. The van der Waals surface area contributed by atoms with Crippen LogP contribution in [-0.4, -0.2) is 90.7 Å². The minimum absolute atomic E-state index is 0.000165. The molecule has 0 amide bonds. The standard InChI is InChI=1S/C22H33NO11S/c1-12-5-7-14(8-6-12)35(30,31)23-13(2)19(28)32-10-9-22(3,4)21(29)34-20-18(27)17(26)16(25)15(11-24)33-20/h5-8,13,15-18,20,23-27H,9-11H2,1-4H3/t13-,15+,16+,17-,18+,20-/m0/s1. The van der Waals surface area contributed by atoms with Gasteiger partial charge in [-0.05, 0) is 46.2 Å². The van der Waals surface area contributed by atoms with Gasteiger partial charge in [-0.3, -0.25) is 9.59 Å². The molecule has 5 N–H and O–H groups in total. The van der Waals surface area contributed by atoms with Crippen LogP contribution in [0.1, 0.15) is 32.8 Å². The van der Waals surface area contributed by atoms with Gasteiger partial charge in [0.2, 0.25) is 16.3 Å². The van der Waals surface area contributed by atoms with Crippen LogP contribution in [0.15, 0.2) is 29.2 Å². The molecule has 198 valence electrons. The van der Waals surface area contributed by atoms with Crippen molar-refractivity contribution in [2.45, 2.75) is 75.8 Å². The number of esters is 2. The Kier molecular flexibility index (Phi) is 9.76. The third-order valence-corrected chi connectivity index (χ3v) is 7.17. The average Bonchev–Trinajstić information content (AvgIpc) is 2.79. The average molecular weight is 520 g/mol. The predicted molar refractivity (Wildman–Crippen MR) is 120 cm³/mol. The number of carbonyl (C=O) groups excluding carboxylic acids is 2. The van der Waals surface area contributed by atoms with Crippen molar-refractivity contribution in [2.24, 2.45) is 5.41 Å². The molecule has 1 aromatic carbocycles. The van der Waals surface area contributed by atoms with Crippen LogP contribution < -0.4 is 4.72 Å². The Hall–Kier alpha value is -2.13. The number of nitrogens with one attached hydrogen (secondary N) is 1. The maximum absolute atomic E-state index is 12.6. The van der Waals surface area contributed by atoms with Gasteiger partial charge in [-0.1, -0.05) is 17.7 Å². The summed E-state index contributed by atoms with van der Waals surface area (Å²) < 4.78 is 42.5. The Morgan fingerprint density at radius 2 is 1.71 bits per heavy atom. The molecule has 2 rings (SSSR count). The summed E-state index contributed by atoms with van der Waals surface area (Å²) in [5.41, 5.74) is -0.354. The molecule has 35 heavy (non-hydrogen) atoms. The van der Waals surface area contributed by atoms with E-state index in [4.69, 9.17) is 14.2 Å². The maximum Gasteiger partial charge on any atom is 0.323 e. The van der Waals surface area contributed by atoms with Crippen LogP contribution in [-0.2, 0) is 33.8 Å². The number of aliphatic hydroxyl groups is 4. The van der Waals surface area contributed by atoms with E-state index < -0.39 is 70.7 Å². The molecule has 0 bridgehead atoms. The van der Waals surface area contributed by atoms with Gasteiger partial charge in [-0.25, -0.2) is 8.42 Å². The fourth-order valence-electron chi connectivity index (χ4n) is 3.13. The molecule has 13 heteroatoms. The van der Waals surface area contributed by atoms with E-state index in [2.05, 4.69) is 4.72 Å². The van der Waals surface area contributed by atoms with Gasteiger partial charge in [0.1, 0.15) is 30.5 Å². The lowest BCUT2D eigenvalue weighted by Crippen LogP contribution is -2.59. The Labute approximate surface area is 203 Å². The van der Waals surface area contributed by atoms with Crippen LogP contribution in [0.4, 0.5) is 0 Å². The van der Waals surface area contributed by atoms with E-state index in [1.54, 1.807) is 12.1 Å². The fourth-order valence-corrected chi connectivity index (χ4v) is 4.32. The summed E-state index contributed by atoms with van der Waals surface area (Å²) in [5.74, 6) is -1.70. The highest BCUT2D eigenvalue weighted by atomic mass is 32.2. The minimum Gasteiger partial charge on any atom is -0.464 e. The molecular weight excluding hydrogens is 486 g/mol. The molecule has 1 fully saturated rings. The predicted octanol–water partition coefficient (Wildman–Crippen LogP) is -1.04. The second-order valence-corrected chi connectivity index (χ2v) is 10.8. The first kappa shape index (κ1) is 29.1. The number of hydrogen-bond acceptors (Lipinski definition) is 11. The van der Waals surface area contributed by atoms with E-state index in [9.17, 15) is 38.4 Å². The molecule has 1 aliphatic heterocycles. The monoisotopic (exact) mass is 519 g/mol. The second-order valence-electron chi connectivity index (χ2n) is 9.06. The van der Waals surface area contributed by atoms with Crippen LogP contribution >= 0.6 is 0 Å². The third kappa shape index (κ3) is 7.43. The van der Waals surface area contributed by atoms with Gasteiger partial charge in [0.25, 0.3) is 0 Å². The van der Waals surface area contributed by atoms with Crippen LogP contribution in [0, 0.1) is 12.3 Å². The first-order chi connectivity index (χ1) is 16.2. The van der Waals surface area contributed by atoms with Crippen molar-refractivity contribution in [3.63, 3.8) is 0 Å². The van der Waals surface area contributed by atoms with E-state index in [1.807, 2.05) is 6.92 Å². The van der Waals surface area contributed by atoms with Crippen molar-refractivity contribution >= 4 is 22.0 Å². The van der Waals surface area contributed by atoms with Crippen LogP contribution in [0.5, 0.6) is 0 Å². The van der Waals surface area contributed by atoms with E-state index in [-0.39, 0.29) is 17.9 Å². The summed E-state index contributed by atoms with van der Waals surface area (Å²) in [6.07, 6.45) is -7.92. The summed E-state index contributed by atoms with van der Waals surface area (Å²) in [4.78, 5) is 24.9. The number of sulfonamides is 1. The zero-order valence-corrected chi connectivity index (χ0v) is 20.8. The molecule has 0 unspecified atom stereocenters. The molecule has 1 aromatic rings. The van der Waals surface area contributed by atoms with Gasteiger partial charge in [0, 0.05) is 0 Å². The molecule has 0 saturated carbocycles. The molecule has 1 heterocycles. The molecular formula is C22H33NO11S. The van der Waals surface area contributed by atoms with Gasteiger partial charge in [0.15, 0.2) is 0 Å². The summed E-state index contributed by atoms with van der Waals surface area (Å²) in [5, 5.41) is 38.9. The Balaban J connectivity index is 1.87. The van der Waals surface area contributed by atoms with Gasteiger partial charge in [0.05, 0.1) is 23.5 Å². The Bertz CT molecular complexity index is 978. The van der Waals surface area contributed by atoms with E-state index in [1.165, 1.54) is 32.9 Å². The largest absolute Gasteiger partial charge is 0.464 e. The molecule has 0 radical (unpaired) electrons. The minimum atomic E-state index is -3.94. The summed E-state index contributed by atoms with van der Waals surface area (Å²) >= 11 is 0. The van der Waals surface area contributed by atoms with Crippen molar-refractivity contribution in [3.05, 3.63) is 29.8 Å². The molecule has 6 atom stereocenters. The molecule has 0 spiro atoms. The summed E-state index contributed by atoms with van der Waals surface area (Å²) in [7, 11) is -3.94. The van der Waals surface area contributed by atoms with Crippen molar-refractivity contribution in [1.82, 2.24) is 4.72 Å². The van der Waals surface area contributed by atoms with Crippen LogP contribution in [0.3, 0.4) is 0 Å². The highest BCUT2D eigenvalue weighted by Crippen LogP contribution is 2.27. The lowest BCUT2D eigenvalue weighted by molar-refractivity contribution is -0.295. The van der Waals surface area contributed by atoms with Crippen molar-refractivity contribution in [3.8, 4) is 0 Å². The molecule has 1 aliphatic rings.